The van der Waals surface area contributed by atoms with Crippen molar-refractivity contribution in [3.63, 3.8) is 0 Å². The molecule has 0 bridgehead atoms. The Labute approximate surface area is 176 Å². The third-order valence-electron chi connectivity index (χ3n) is 6.23. The molecule has 158 valence electrons. The van der Waals surface area contributed by atoms with E-state index in [1.165, 1.54) is 22.0 Å². The highest BCUT2D eigenvalue weighted by Crippen LogP contribution is 2.37. The SMILES string of the molecule is CC1CCCc2[nH]c(C=C3C(=O)Nc4ccc(S(=O)(=O)N5CCOCC5)cc43)cc21. The summed E-state index contributed by atoms with van der Waals surface area (Å²) in [6.07, 6.45) is 5.19. The molecule has 30 heavy (non-hydrogen) atoms. The van der Waals surface area contributed by atoms with Crippen LogP contribution >= 0.6 is 0 Å². The van der Waals surface area contributed by atoms with Crippen molar-refractivity contribution in [3.8, 4) is 0 Å². The van der Waals surface area contributed by atoms with Gasteiger partial charge in [-0.25, -0.2) is 8.42 Å². The van der Waals surface area contributed by atoms with Crippen LogP contribution < -0.4 is 5.32 Å². The molecule has 3 aliphatic rings. The first-order valence-electron chi connectivity index (χ1n) is 10.4. The van der Waals surface area contributed by atoms with Gasteiger partial charge in [0.05, 0.1) is 23.7 Å². The molecule has 8 heteroatoms. The van der Waals surface area contributed by atoms with Crippen LogP contribution in [0.3, 0.4) is 0 Å². The predicted molar refractivity (Wildman–Crippen MR) is 115 cm³/mol. The van der Waals surface area contributed by atoms with Crippen LogP contribution in [0.1, 0.15) is 48.2 Å². The van der Waals surface area contributed by atoms with Crippen LogP contribution in [0.25, 0.3) is 11.6 Å². The number of nitrogens with zero attached hydrogens (tertiary/aromatic N) is 1. The lowest BCUT2D eigenvalue weighted by Gasteiger charge is -2.26. The zero-order valence-electron chi connectivity index (χ0n) is 16.9. The first-order chi connectivity index (χ1) is 14.4. The van der Waals surface area contributed by atoms with Crippen LogP contribution in [-0.2, 0) is 26.0 Å². The lowest BCUT2D eigenvalue weighted by Crippen LogP contribution is -2.40. The van der Waals surface area contributed by atoms with Crippen molar-refractivity contribution >= 4 is 33.3 Å². The number of carbonyl (C=O) groups excluding carboxylic acids is 1. The number of aryl methyl sites for hydroxylation is 1. The van der Waals surface area contributed by atoms with Gasteiger partial charge in [0.15, 0.2) is 0 Å². The number of aromatic nitrogens is 1. The highest BCUT2D eigenvalue weighted by molar-refractivity contribution is 7.89. The number of morpholine rings is 1. The fourth-order valence-electron chi connectivity index (χ4n) is 4.56. The topological polar surface area (TPSA) is 91.5 Å². The van der Waals surface area contributed by atoms with Gasteiger partial charge in [-0.05, 0) is 61.1 Å². The summed E-state index contributed by atoms with van der Waals surface area (Å²) in [5.74, 6) is 0.290. The Bertz CT molecular complexity index is 1140. The quantitative estimate of drug-likeness (QED) is 0.737. The van der Waals surface area contributed by atoms with Crippen molar-refractivity contribution in [1.29, 1.82) is 0 Å². The fraction of sp³-hybridized carbons (Fsp3) is 0.409. The van der Waals surface area contributed by atoms with Gasteiger partial charge >= 0.3 is 0 Å². The van der Waals surface area contributed by atoms with Gasteiger partial charge in [-0.1, -0.05) is 6.92 Å². The van der Waals surface area contributed by atoms with Gasteiger partial charge in [-0.15, -0.1) is 0 Å². The maximum atomic E-state index is 13.0. The largest absolute Gasteiger partial charge is 0.379 e. The number of carbonyl (C=O) groups is 1. The molecule has 0 radical (unpaired) electrons. The number of sulfonamides is 1. The first-order valence-corrected chi connectivity index (χ1v) is 11.8. The second-order valence-corrected chi connectivity index (χ2v) is 10.1. The molecule has 2 aliphatic heterocycles. The summed E-state index contributed by atoms with van der Waals surface area (Å²) in [7, 11) is -3.63. The summed E-state index contributed by atoms with van der Waals surface area (Å²) in [4.78, 5) is 16.3. The molecule has 1 amide bonds. The molecule has 1 fully saturated rings. The monoisotopic (exact) mass is 427 g/mol. The fourth-order valence-corrected chi connectivity index (χ4v) is 6.00. The van der Waals surface area contributed by atoms with Crippen molar-refractivity contribution in [2.45, 2.75) is 37.0 Å². The van der Waals surface area contributed by atoms with E-state index in [0.29, 0.717) is 49.0 Å². The number of H-pyrrole nitrogens is 1. The predicted octanol–water partition coefficient (Wildman–Crippen LogP) is 2.97. The zero-order chi connectivity index (χ0) is 20.9. The highest BCUT2D eigenvalue weighted by atomic mass is 32.2. The molecule has 1 unspecified atom stereocenters. The third kappa shape index (κ3) is 3.29. The summed E-state index contributed by atoms with van der Waals surface area (Å²) in [6, 6.07) is 6.95. The van der Waals surface area contributed by atoms with E-state index in [0.717, 1.165) is 18.5 Å². The van der Waals surface area contributed by atoms with Crippen molar-refractivity contribution in [3.05, 3.63) is 46.8 Å². The molecule has 2 N–H and O–H groups in total. The molecule has 1 saturated heterocycles. The number of aromatic amines is 1. The number of rotatable bonds is 3. The van der Waals surface area contributed by atoms with Crippen LogP contribution in [0.4, 0.5) is 5.69 Å². The number of amides is 1. The number of anilines is 1. The van der Waals surface area contributed by atoms with E-state index in [4.69, 9.17) is 4.74 Å². The minimum atomic E-state index is -3.63. The molecule has 2 aromatic rings. The van der Waals surface area contributed by atoms with E-state index >= 15 is 0 Å². The Balaban J connectivity index is 1.52. The van der Waals surface area contributed by atoms with Gasteiger partial charge < -0.3 is 15.0 Å². The normalized spacial score (nSPS) is 23.3. The molecule has 1 aromatic heterocycles. The molecule has 1 atom stereocenters. The second kappa shape index (κ2) is 7.37. The Hall–Kier alpha value is -2.42. The Kier molecular flexibility index (Phi) is 4.80. The number of hydrogen-bond donors (Lipinski definition) is 2. The van der Waals surface area contributed by atoms with Crippen molar-refractivity contribution in [1.82, 2.24) is 9.29 Å². The number of nitrogens with one attached hydrogen (secondary N) is 2. The van der Waals surface area contributed by atoms with E-state index in [1.807, 2.05) is 6.08 Å². The molecular formula is C22H25N3O4S. The Morgan fingerprint density at radius 2 is 2.00 bits per heavy atom. The molecular weight excluding hydrogens is 402 g/mol. The van der Waals surface area contributed by atoms with Crippen LogP contribution in [0, 0.1) is 0 Å². The van der Waals surface area contributed by atoms with E-state index < -0.39 is 10.0 Å². The maximum Gasteiger partial charge on any atom is 0.256 e. The molecule has 0 saturated carbocycles. The summed E-state index contributed by atoms with van der Waals surface area (Å²) >= 11 is 0. The summed E-state index contributed by atoms with van der Waals surface area (Å²) in [5, 5.41) is 2.85. The molecule has 3 heterocycles. The van der Waals surface area contributed by atoms with Gasteiger partial charge in [-0.2, -0.15) is 4.31 Å². The zero-order valence-corrected chi connectivity index (χ0v) is 17.7. The maximum absolute atomic E-state index is 13.0. The summed E-state index contributed by atoms with van der Waals surface area (Å²) in [5.41, 5.74) is 5.17. The number of hydrogen-bond acceptors (Lipinski definition) is 4. The van der Waals surface area contributed by atoms with Gasteiger partial charge in [0.25, 0.3) is 5.91 Å². The molecule has 0 spiro atoms. The lowest BCUT2D eigenvalue weighted by atomic mass is 9.88. The Morgan fingerprint density at radius 3 is 2.77 bits per heavy atom. The van der Waals surface area contributed by atoms with Crippen LogP contribution in [0.15, 0.2) is 29.2 Å². The van der Waals surface area contributed by atoms with Gasteiger partial charge in [0.1, 0.15) is 0 Å². The number of benzene rings is 1. The second-order valence-electron chi connectivity index (χ2n) is 8.19. The van der Waals surface area contributed by atoms with E-state index in [9.17, 15) is 13.2 Å². The Morgan fingerprint density at radius 1 is 1.20 bits per heavy atom. The minimum absolute atomic E-state index is 0.199. The average molecular weight is 428 g/mol. The van der Waals surface area contributed by atoms with E-state index in [1.54, 1.807) is 18.2 Å². The standard InChI is InChI=1S/C22H25N3O4S/c1-14-3-2-4-20-17(14)11-15(23-20)12-19-18-13-16(5-6-21(18)24-22(19)26)30(27,28)25-7-9-29-10-8-25/h5-6,11-14,23H,2-4,7-10H2,1H3,(H,24,26). The van der Waals surface area contributed by atoms with Gasteiger partial charge in [-0.3, -0.25) is 4.79 Å². The number of ether oxygens (including phenoxy) is 1. The molecule has 1 aliphatic carbocycles. The third-order valence-corrected chi connectivity index (χ3v) is 8.13. The van der Waals surface area contributed by atoms with Crippen molar-refractivity contribution in [2.75, 3.05) is 31.6 Å². The number of fused-ring (bicyclic) bond motifs is 2. The van der Waals surface area contributed by atoms with Gasteiger partial charge in [0.2, 0.25) is 10.0 Å². The summed E-state index contributed by atoms with van der Waals surface area (Å²) < 4.78 is 32.8. The van der Waals surface area contributed by atoms with Gasteiger partial charge in [0, 0.05) is 35.7 Å². The van der Waals surface area contributed by atoms with Crippen molar-refractivity contribution < 1.29 is 17.9 Å². The highest BCUT2D eigenvalue weighted by Gasteiger charge is 2.30. The molecule has 5 rings (SSSR count). The molecule has 1 aromatic carbocycles. The minimum Gasteiger partial charge on any atom is -0.379 e. The van der Waals surface area contributed by atoms with E-state index in [-0.39, 0.29) is 10.8 Å². The first kappa shape index (κ1) is 19.5. The van der Waals surface area contributed by atoms with Crippen LogP contribution in [0.5, 0.6) is 0 Å². The molecule has 7 nitrogen and oxygen atoms in total. The lowest BCUT2D eigenvalue weighted by molar-refractivity contribution is -0.110. The smallest absolute Gasteiger partial charge is 0.256 e. The van der Waals surface area contributed by atoms with Crippen LogP contribution in [0.2, 0.25) is 0 Å². The van der Waals surface area contributed by atoms with Crippen LogP contribution in [-0.4, -0.2) is 49.9 Å². The van der Waals surface area contributed by atoms with E-state index in [2.05, 4.69) is 23.3 Å². The average Bonchev–Trinajstić information content (AvgIpc) is 3.30. The summed E-state index contributed by atoms with van der Waals surface area (Å²) in [6.45, 7) is 3.69. The van der Waals surface area contributed by atoms with Crippen molar-refractivity contribution in [2.24, 2.45) is 0 Å².